The first-order chi connectivity index (χ1) is 11.3. The summed E-state index contributed by atoms with van der Waals surface area (Å²) < 4.78 is 0. The van der Waals surface area contributed by atoms with E-state index in [4.69, 9.17) is 5.41 Å². The number of halogens is 2. The first-order valence-electron chi connectivity index (χ1n) is 8.55. The summed E-state index contributed by atoms with van der Waals surface area (Å²) in [4.78, 5) is 3.65. The van der Waals surface area contributed by atoms with Crippen LogP contribution in [0.5, 0.6) is 0 Å². The molecular formula is C19H25Cl2N3S. The highest BCUT2D eigenvalue weighted by Crippen LogP contribution is 2.30. The molecule has 3 nitrogen and oxygen atoms in total. The van der Waals surface area contributed by atoms with Crippen molar-refractivity contribution in [1.29, 1.82) is 5.41 Å². The smallest absolute Gasteiger partial charge is 0.140 e. The lowest BCUT2D eigenvalue weighted by molar-refractivity contribution is 0.175. The van der Waals surface area contributed by atoms with Crippen molar-refractivity contribution in [1.82, 2.24) is 4.90 Å². The number of nitrogens with one attached hydrogen (secondary N) is 2. The van der Waals surface area contributed by atoms with Crippen LogP contribution in [-0.4, -0.2) is 23.3 Å². The number of benzene rings is 1. The molecule has 1 unspecified atom stereocenters. The van der Waals surface area contributed by atoms with Gasteiger partial charge in [0, 0.05) is 18.3 Å². The Bertz CT molecular complexity index is 703. The van der Waals surface area contributed by atoms with Crippen LogP contribution in [0.1, 0.15) is 41.7 Å². The van der Waals surface area contributed by atoms with Crippen LogP contribution < -0.4 is 5.32 Å². The van der Waals surface area contributed by atoms with E-state index in [1.54, 1.807) is 11.3 Å². The summed E-state index contributed by atoms with van der Waals surface area (Å²) in [6.45, 7) is 2.31. The first kappa shape index (κ1) is 20.2. The molecule has 1 atom stereocenters. The van der Waals surface area contributed by atoms with Gasteiger partial charge in [-0.2, -0.15) is 0 Å². The Morgan fingerprint density at radius 3 is 2.80 bits per heavy atom. The zero-order valence-electron chi connectivity index (χ0n) is 14.2. The van der Waals surface area contributed by atoms with E-state index in [1.165, 1.54) is 49.8 Å². The lowest BCUT2D eigenvalue weighted by atomic mass is 9.92. The molecule has 1 fully saturated rings. The van der Waals surface area contributed by atoms with Crippen LogP contribution in [0.2, 0.25) is 0 Å². The van der Waals surface area contributed by atoms with Crippen LogP contribution in [0, 0.1) is 5.41 Å². The van der Waals surface area contributed by atoms with Crippen molar-refractivity contribution >= 4 is 47.7 Å². The number of amidine groups is 1. The van der Waals surface area contributed by atoms with Crippen molar-refractivity contribution in [3.05, 3.63) is 51.7 Å². The molecule has 6 heteroatoms. The Balaban J connectivity index is 0.00000113. The molecule has 0 spiro atoms. The highest BCUT2D eigenvalue weighted by Gasteiger charge is 2.27. The van der Waals surface area contributed by atoms with Crippen LogP contribution in [-0.2, 0) is 13.0 Å². The molecule has 136 valence electrons. The quantitative estimate of drug-likeness (QED) is 0.530. The maximum atomic E-state index is 8.19. The molecule has 1 saturated heterocycles. The van der Waals surface area contributed by atoms with Gasteiger partial charge < -0.3 is 5.32 Å². The van der Waals surface area contributed by atoms with Crippen LogP contribution in [0.4, 0.5) is 5.69 Å². The van der Waals surface area contributed by atoms with Crippen molar-refractivity contribution < 1.29 is 0 Å². The fourth-order valence-corrected chi connectivity index (χ4v) is 4.46. The lowest BCUT2D eigenvalue weighted by Gasteiger charge is -2.36. The second-order valence-corrected chi connectivity index (χ2v) is 7.59. The minimum Gasteiger partial charge on any atom is -0.340 e. The topological polar surface area (TPSA) is 39.1 Å². The summed E-state index contributed by atoms with van der Waals surface area (Å²) in [5.74, 6) is 0.489. The molecule has 2 aliphatic rings. The molecule has 2 N–H and O–H groups in total. The van der Waals surface area contributed by atoms with Crippen LogP contribution in [0.25, 0.3) is 0 Å². The van der Waals surface area contributed by atoms with Gasteiger partial charge in [0.25, 0.3) is 0 Å². The second-order valence-electron chi connectivity index (χ2n) is 6.64. The number of hydrogen-bond donors (Lipinski definition) is 2. The first-order valence-corrected chi connectivity index (χ1v) is 9.43. The highest BCUT2D eigenvalue weighted by atomic mass is 35.5. The Morgan fingerprint density at radius 2 is 2.00 bits per heavy atom. The molecule has 1 aromatic carbocycles. The van der Waals surface area contributed by atoms with Gasteiger partial charge in [-0.15, -0.1) is 36.2 Å². The van der Waals surface area contributed by atoms with E-state index in [2.05, 4.69) is 28.4 Å². The van der Waals surface area contributed by atoms with Crippen molar-refractivity contribution in [2.45, 2.75) is 44.7 Å². The summed E-state index contributed by atoms with van der Waals surface area (Å²) >= 11 is 1.60. The average Bonchev–Trinajstić information content (AvgIpc) is 3.00. The number of anilines is 1. The molecule has 2 aromatic rings. The monoisotopic (exact) mass is 397 g/mol. The summed E-state index contributed by atoms with van der Waals surface area (Å²) in [6.07, 6.45) is 6.65. The maximum absolute atomic E-state index is 8.19. The molecule has 0 aliphatic carbocycles. The third-order valence-corrected chi connectivity index (χ3v) is 5.96. The van der Waals surface area contributed by atoms with Gasteiger partial charge in [-0.1, -0.05) is 25.0 Å². The van der Waals surface area contributed by atoms with Crippen molar-refractivity contribution in [2.75, 3.05) is 11.9 Å². The van der Waals surface area contributed by atoms with Gasteiger partial charge in [0.05, 0.1) is 4.88 Å². The van der Waals surface area contributed by atoms with E-state index in [9.17, 15) is 0 Å². The van der Waals surface area contributed by atoms with Gasteiger partial charge in [0.1, 0.15) is 5.84 Å². The summed E-state index contributed by atoms with van der Waals surface area (Å²) in [7, 11) is 0. The Kier molecular flexibility index (Phi) is 7.32. The maximum Gasteiger partial charge on any atom is 0.140 e. The highest BCUT2D eigenvalue weighted by molar-refractivity contribution is 7.12. The predicted octanol–water partition coefficient (Wildman–Crippen LogP) is 5.33. The van der Waals surface area contributed by atoms with Crippen molar-refractivity contribution in [3.63, 3.8) is 0 Å². The largest absolute Gasteiger partial charge is 0.340 e. The van der Waals surface area contributed by atoms with Crippen molar-refractivity contribution in [2.24, 2.45) is 0 Å². The predicted molar refractivity (Wildman–Crippen MR) is 112 cm³/mol. The molecule has 3 heterocycles. The summed E-state index contributed by atoms with van der Waals surface area (Å²) in [5.41, 5.74) is 3.98. The van der Waals surface area contributed by atoms with Gasteiger partial charge in [-0.3, -0.25) is 10.3 Å². The summed E-state index contributed by atoms with van der Waals surface area (Å²) in [6, 6.07) is 11.4. The van der Waals surface area contributed by atoms with Gasteiger partial charge >= 0.3 is 0 Å². The van der Waals surface area contributed by atoms with Gasteiger partial charge in [-0.25, -0.2) is 0 Å². The molecule has 0 radical (unpaired) electrons. The molecule has 0 saturated carbocycles. The molecule has 2 aliphatic heterocycles. The molecular weight excluding hydrogens is 373 g/mol. The van der Waals surface area contributed by atoms with E-state index in [-0.39, 0.29) is 24.8 Å². The number of nitrogens with zero attached hydrogens (tertiary/aromatic N) is 1. The van der Waals surface area contributed by atoms with E-state index < -0.39 is 0 Å². The normalized spacial score (nSPS) is 19.4. The number of fused-ring (bicyclic) bond motifs is 2. The zero-order chi connectivity index (χ0) is 15.6. The van der Waals surface area contributed by atoms with Crippen molar-refractivity contribution in [3.8, 4) is 0 Å². The molecule has 0 amide bonds. The zero-order valence-corrected chi connectivity index (χ0v) is 16.6. The van der Waals surface area contributed by atoms with E-state index in [1.807, 2.05) is 17.5 Å². The molecule has 25 heavy (non-hydrogen) atoms. The fourth-order valence-electron chi connectivity index (χ4n) is 3.83. The summed E-state index contributed by atoms with van der Waals surface area (Å²) in [5, 5.41) is 13.5. The van der Waals surface area contributed by atoms with Gasteiger partial charge in [0.2, 0.25) is 0 Å². The van der Waals surface area contributed by atoms with Gasteiger partial charge in [0.15, 0.2) is 0 Å². The fraction of sp³-hybridized carbons (Fsp3) is 0.421. The number of hydrogen-bond acceptors (Lipinski definition) is 3. The molecule has 4 rings (SSSR count). The van der Waals surface area contributed by atoms with Crippen LogP contribution in [0.3, 0.4) is 0 Å². The minimum atomic E-state index is 0. The van der Waals surface area contributed by atoms with Crippen LogP contribution >= 0.6 is 36.2 Å². The Labute approximate surface area is 166 Å². The van der Waals surface area contributed by atoms with E-state index in [0.717, 1.165) is 23.2 Å². The molecule has 1 aromatic heterocycles. The standard InChI is InChI=1S/C19H23N3S.2ClH/c20-19(18-6-4-10-23-18)21-16-8-7-14-12-17-5-2-1-3-9-22(17)13-15(14)11-16;;/h4,6-8,10-11,17H,1-3,5,9,12-13H2,(H2,20,21);2*1H. The van der Waals surface area contributed by atoms with Gasteiger partial charge in [-0.05, 0) is 60.5 Å². The van der Waals surface area contributed by atoms with E-state index in [0.29, 0.717) is 5.84 Å². The second kappa shape index (κ2) is 9.04. The minimum absolute atomic E-state index is 0. The third kappa shape index (κ3) is 4.56. The average molecular weight is 398 g/mol. The van der Waals surface area contributed by atoms with Crippen LogP contribution in [0.15, 0.2) is 35.7 Å². The lowest BCUT2D eigenvalue weighted by Crippen LogP contribution is -2.39. The van der Waals surface area contributed by atoms with E-state index >= 15 is 0 Å². The number of thiophene rings is 1. The Morgan fingerprint density at radius 1 is 1.12 bits per heavy atom. The number of rotatable bonds is 2. The molecule has 0 bridgehead atoms. The third-order valence-electron chi connectivity index (χ3n) is 5.07. The Hall–Kier alpha value is -1.07. The SMILES string of the molecule is Cl.Cl.N=C(Nc1ccc2c(c1)CN1CCCCCC1C2)c1cccs1.